The molecule has 6 aromatic rings. The van der Waals surface area contributed by atoms with Crippen molar-refractivity contribution in [3.8, 4) is 34.0 Å². The van der Waals surface area contributed by atoms with Crippen molar-refractivity contribution in [3.63, 3.8) is 0 Å². The monoisotopic (exact) mass is 617 g/mol. The van der Waals surface area contributed by atoms with Gasteiger partial charge in [-0.15, -0.1) is 0 Å². The molecule has 1 aliphatic rings. The van der Waals surface area contributed by atoms with Crippen LogP contribution in [-0.4, -0.2) is 34.5 Å². The van der Waals surface area contributed by atoms with Crippen LogP contribution < -0.4 is 9.62 Å². The smallest absolute Gasteiger partial charge is 0.433 e. The van der Waals surface area contributed by atoms with Crippen molar-refractivity contribution in [1.29, 1.82) is 0 Å². The number of fused-ring (bicyclic) bond motifs is 6. The molecular weight excluding hydrogens is 594 g/mol. The second-order valence-electron chi connectivity index (χ2n) is 10.5. The molecular formula is C32H23F4N5O2S. The zero-order chi connectivity index (χ0) is 30.9. The van der Waals surface area contributed by atoms with Crippen LogP contribution in [0.25, 0.3) is 55.8 Å². The Morgan fingerprint density at radius 3 is 2.61 bits per heavy atom. The molecule has 5 heterocycles. The van der Waals surface area contributed by atoms with E-state index in [4.69, 9.17) is 9.40 Å². The second-order valence-corrected chi connectivity index (χ2v) is 11.1. The highest BCUT2D eigenvalue weighted by molar-refractivity contribution is 7.81. The predicted octanol–water partition coefficient (Wildman–Crippen LogP) is 7.53. The minimum Gasteiger partial charge on any atom is -0.455 e. The number of nitrogens with zero attached hydrogens (tertiary/aromatic N) is 4. The van der Waals surface area contributed by atoms with Gasteiger partial charge in [-0.2, -0.15) is 13.2 Å². The van der Waals surface area contributed by atoms with Gasteiger partial charge in [0.1, 0.15) is 22.9 Å². The SMILES string of the molecule is CNC(=O)c1c(-c2ccc(C(F)(F)F)nc2)oc2cc(N(C)S)c(-c3ccc4c(n3)-c3cc5c(F)cccc5n3CC4)cc12. The standard InChI is InChI=1S/C32H23F4N5O2S/c1-37-31(42)28-20-12-19(24(40(2)44)14-26(20)43-30(28)17-7-9-27(38-15-17)32(34,35)36)22-8-6-16-10-11-41-23-5-3-4-21(33)18(23)13-25(41)29(16)39-22/h3-9,12-15,44H,10-11H2,1-2H3,(H,37,42). The number of benzene rings is 2. The van der Waals surface area contributed by atoms with Gasteiger partial charge in [0.15, 0.2) is 0 Å². The van der Waals surface area contributed by atoms with Crippen molar-refractivity contribution in [2.24, 2.45) is 0 Å². The van der Waals surface area contributed by atoms with Crippen LogP contribution in [0.3, 0.4) is 0 Å². The van der Waals surface area contributed by atoms with E-state index in [1.807, 2.05) is 24.3 Å². The Hall–Kier alpha value is -4.84. The molecule has 12 heteroatoms. The fraction of sp³-hybridized carbons (Fsp3) is 0.156. The van der Waals surface area contributed by atoms with Crippen LogP contribution in [0, 0.1) is 5.82 Å². The first kappa shape index (κ1) is 28.0. The number of pyridine rings is 2. The third kappa shape index (κ3) is 4.39. The molecule has 0 atom stereocenters. The quantitative estimate of drug-likeness (QED) is 0.158. The van der Waals surface area contributed by atoms with Gasteiger partial charge in [-0.3, -0.25) is 9.78 Å². The third-order valence-electron chi connectivity index (χ3n) is 7.92. The van der Waals surface area contributed by atoms with Gasteiger partial charge in [0, 0.05) is 54.8 Å². The van der Waals surface area contributed by atoms with Gasteiger partial charge in [-0.25, -0.2) is 9.37 Å². The highest BCUT2D eigenvalue weighted by Gasteiger charge is 2.33. The first-order valence-corrected chi connectivity index (χ1v) is 14.0. The maximum Gasteiger partial charge on any atom is 0.433 e. The van der Waals surface area contributed by atoms with Gasteiger partial charge in [0.25, 0.3) is 5.91 Å². The minimum atomic E-state index is -4.61. The van der Waals surface area contributed by atoms with E-state index in [0.717, 1.165) is 41.2 Å². The first-order valence-electron chi connectivity index (χ1n) is 13.6. The molecule has 1 N–H and O–H groups in total. The first-order chi connectivity index (χ1) is 21.0. The van der Waals surface area contributed by atoms with Crippen molar-refractivity contribution in [2.45, 2.75) is 19.1 Å². The molecule has 0 spiro atoms. The van der Waals surface area contributed by atoms with Crippen LogP contribution >= 0.6 is 12.8 Å². The molecule has 222 valence electrons. The highest BCUT2D eigenvalue weighted by Crippen LogP contribution is 2.42. The fourth-order valence-electron chi connectivity index (χ4n) is 5.83. The van der Waals surface area contributed by atoms with Gasteiger partial charge < -0.3 is 18.6 Å². The lowest BCUT2D eigenvalue weighted by atomic mass is 9.99. The lowest BCUT2D eigenvalue weighted by Crippen LogP contribution is -2.18. The van der Waals surface area contributed by atoms with Crippen molar-refractivity contribution >= 4 is 46.3 Å². The summed E-state index contributed by atoms with van der Waals surface area (Å²) in [6.45, 7) is 0.693. The molecule has 0 radical (unpaired) electrons. The molecule has 1 aliphatic heterocycles. The van der Waals surface area contributed by atoms with Gasteiger partial charge in [0.05, 0.1) is 33.8 Å². The summed E-state index contributed by atoms with van der Waals surface area (Å²) in [5, 5.41) is 3.56. The number of aromatic nitrogens is 3. The van der Waals surface area contributed by atoms with E-state index in [1.54, 1.807) is 29.6 Å². The third-order valence-corrected chi connectivity index (χ3v) is 8.14. The molecule has 0 saturated carbocycles. The van der Waals surface area contributed by atoms with Gasteiger partial charge in [0.2, 0.25) is 0 Å². The summed E-state index contributed by atoms with van der Waals surface area (Å²) >= 11 is 4.54. The maximum atomic E-state index is 14.7. The average molecular weight is 618 g/mol. The number of nitrogens with one attached hydrogen (secondary N) is 1. The molecule has 0 saturated heterocycles. The van der Waals surface area contributed by atoms with Crippen LogP contribution in [0.2, 0.25) is 0 Å². The summed E-state index contributed by atoms with van der Waals surface area (Å²) in [5.41, 5.74) is 4.83. The average Bonchev–Trinajstić information content (AvgIpc) is 3.59. The summed E-state index contributed by atoms with van der Waals surface area (Å²) in [5.74, 6) is -0.704. The Morgan fingerprint density at radius 2 is 1.91 bits per heavy atom. The van der Waals surface area contributed by atoms with Crippen LogP contribution in [0.15, 0.2) is 71.3 Å². The highest BCUT2D eigenvalue weighted by atomic mass is 32.1. The molecule has 4 aromatic heterocycles. The number of alkyl halides is 3. The summed E-state index contributed by atoms with van der Waals surface area (Å²) in [6, 6.07) is 16.3. The Balaban J connectivity index is 1.42. The van der Waals surface area contributed by atoms with Crippen molar-refractivity contribution in [3.05, 3.63) is 89.5 Å². The topological polar surface area (TPSA) is 76.2 Å². The number of anilines is 1. The molecule has 7 nitrogen and oxygen atoms in total. The Kier molecular flexibility index (Phi) is 6.43. The largest absolute Gasteiger partial charge is 0.455 e. The number of carbonyl (C=O) groups excluding carboxylic acids is 1. The minimum absolute atomic E-state index is 0.0791. The second kappa shape index (κ2) is 10.1. The summed E-state index contributed by atoms with van der Waals surface area (Å²) in [7, 11) is 3.19. The number of aryl methyl sites for hydroxylation is 2. The van der Waals surface area contributed by atoms with Gasteiger partial charge in [-0.05, 0) is 54.4 Å². The van der Waals surface area contributed by atoms with E-state index >= 15 is 0 Å². The van der Waals surface area contributed by atoms with Crippen LogP contribution in [-0.2, 0) is 19.1 Å². The molecule has 0 unspecified atom stereocenters. The number of halogens is 4. The molecule has 2 aromatic carbocycles. The van der Waals surface area contributed by atoms with E-state index in [1.165, 1.54) is 19.2 Å². The van der Waals surface area contributed by atoms with E-state index in [2.05, 4.69) is 27.7 Å². The maximum absolute atomic E-state index is 14.7. The van der Waals surface area contributed by atoms with Crippen LogP contribution in [0.4, 0.5) is 23.2 Å². The molecule has 0 bridgehead atoms. The molecule has 0 fully saturated rings. The Bertz CT molecular complexity index is 2120. The number of amides is 1. The lowest BCUT2D eigenvalue weighted by molar-refractivity contribution is -0.141. The summed E-state index contributed by atoms with van der Waals surface area (Å²) < 4.78 is 63.9. The Morgan fingerprint density at radius 1 is 1.09 bits per heavy atom. The van der Waals surface area contributed by atoms with Crippen LogP contribution in [0.1, 0.15) is 21.6 Å². The van der Waals surface area contributed by atoms with Crippen molar-refractivity contribution < 1.29 is 26.8 Å². The van der Waals surface area contributed by atoms with Gasteiger partial charge in [-0.1, -0.05) is 24.9 Å². The molecule has 0 aliphatic carbocycles. The number of carbonyl (C=O) groups is 1. The van der Waals surface area contributed by atoms with Crippen molar-refractivity contribution in [2.75, 3.05) is 18.4 Å². The van der Waals surface area contributed by atoms with E-state index in [0.29, 0.717) is 39.8 Å². The summed E-state index contributed by atoms with van der Waals surface area (Å²) in [6.07, 6.45) is -2.85. The number of rotatable bonds is 4. The summed E-state index contributed by atoms with van der Waals surface area (Å²) in [4.78, 5) is 21.8. The Labute approximate surface area is 253 Å². The predicted molar refractivity (Wildman–Crippen MR) is 163 cm³/mol. The molecule has 7 rings (SSSR count). The van der Waals surface area contributed by atoms with Gasteiger partial charge >= 0.3 is 6.18 Å². The molecule has 1 amide bonds. The lowest BCUT2D eigenvalue weighted by Gasteiger charge is -2.21. The van der Waals surface area contributed by atoms with Crippen LogP contribution in [0.5, 0.6) is 0 Å². The zero-order valence-corrected chi connectivity index (χ0v) is 24.2. The van der Waals surface area contributed by atoms with E-state index in [9.17, 15) is 22.4 Å². The number of furan rings is 1. The number of thiol groups is 1. The van der Waals surface area contributed by atoms with E-state index < -0.39 is 17.8 Å². The number of hydrogen-bond acceptors (Lipinski definition) is 6. The zero-order valence-electron chi connectivity index (χ0n) is 23.3. The molecule has 44 heavy (non-hydrogen) atoms. The number of hydrogen-bond donors (Lipinski definition) is 2. The fourth-order valence-corrected chi connectivity index (χ4v) is 6.00. The normalized spacial score (nSPS) is 12.8. The van der Waals surface area contributed by atoms with Crippen molar-refractivity contribution in [1.82, 2.24) is 19.9 Å². The van der Waals surface area contributed by atoms with E-state index in [-0.39, 0.29) is 22.7 Å².